The van der Waals surface area contributed by atoms with Crippen molar-refractivity contribution in [3.63, 3.8) is 0 Å². The van der Waals surface area contributed by atoms with Gasteiger partial charge in [0.25, 0.3) is 0 Å². The first kappa shape index (κ1) is 21.2. The van der Waals surface area contributed by atoms with Crippen LogP contribution in [-0.4, -0.2) is 24.1 Å². The molecule has 0 aliphatic heterocycles. The fraction of sp³-hybridized carbons (Fsp3) is 0.238. The zero-order chi connectivity index (χ0) is 21.9. The lowest BCUT2D eigenvalue weighted by atomic mass is 10.1. The van der Waals surface area contributed by atoms with Crippen LogP contribution in [0.15, 0.2) is 42.6 Å². The number of aryl methyl sites for hydroxylation is 2. The van der Waals surface area contributed by atoms with Crippen molar-refractivity contribution in [2.75, 3.05) is 6.61 Å². The molecule has 6 nitrogen and oxygen atoms in total. The minimum atomic E-state index is -4.77. The van der Waals surface area contributed by atoms with E-state index in [0.29, 0.717) is 28.0 Å². The number of alkyl halides is 3. The maximum atomic E-state index is 12.3. The van der Waals surface area contributed by atoms with Crippen LogP contribution in [0.1, 0.15) is 18.1 Å². The number of benzene rings is 2. The molecule has 0 aliphatic rings. The summed E-state index contributed by atoms with van der Waals surface area (Å²) in [4.78, 5) is 16.1. The van der Waals surface area contributed by atoms with Crippen LogP contribution in [0, 0.1) is 13.8 Å². The van der Waals surface area contributed by atoms with Crippen molar-refractivity contribution in [1.29, 1.82) is 0 Å². The third kappa shape index (κ3) is 5.11. The first-order valence-corrected chi connectivity index (χ1v) is 8.94. The molecule has 0 saturated heterocycles. The largest absolute Gasteiger partial charge is 0.573 e. The number of carbonyl (C=O) groups is 1. The molecular weight excluding hydrogens is 403 g/mol. The van der Waals surface area contributed by atoms with Gasteiger partial charge in [0, 0.05) is 17.1 Å². The topological polar surface area (TPSA) is 66.9 Å². The molecule has 2 aromatic carbocycles. The van der Waals surface area contributed by atoms with Crippen LogP contribution in [-0.2, 0) is 4.74 Å². The number of halogens is 3. The summed E-state index contributed by atoms with van der Waals surface area (Å²) >= 11 is 0. The minimum absolute atomic E-state index is 0.169. The molecule has 3 aromatic rings. The third-order valence-corrected chi connectivity index (χ3v) is 4.03. The highest BCUT2D eigenvalue weighted by Gasteiger charge is 2.31. The van der Waals surface area contributed by atoms with Crippen LogP contribution in [0.3, 0.4) is 0 Å². The molecule has 0 atom stereocenters. The van der Waals surface area contributed by atoms with Crippen molar-refractivity contribution in [2.45, 2.75) is 27.1 Å². The van der Waals surface area contributed by atoms with Crippen LogP contribution in [0.2, 0.25) is 0 Å². The molecule has 1 heterocycles. The first-order chi connectivity index (χ1) is 14.2. The molecule has 3 rings (SSSR count). The molecule has 0 radical (unpaired) electrons. The van der Waals surface area contributed by atoms with E-state index in [0.717, 1.165) is 17.7 Å². The highest BCUT2D eigenvalue weighted by molar-refractivity contribution is 5.90. The van der Waals surface area contributed by atoms with Gasteiger partial charge in [-0.15, -0.1) is 13.2 Å². The van der Waals surface area contributed by atoms with Crippen LogP contribution < -0.4 is 14.2 Å². The SMILES string of the molecule is CCOC(=O)Oc1c(C)cnc2cc(C)c(Oc3ccc(OC(F)(F)F)cc3)cc12. The molecule has 0 bridgehead atoms. The zero-order valence-corrected chi connectivity index (χ0v) is 16.4. The van der Waals surface area contributed by atoms with Crippen molar-refractivity contribution in [3.05, 3.63) is 53.7 Å². The summed E-state index contributed by atoms with van der Waals surface area (Å²) < 4.78 is 56.7. The summed E-state index contributed by atoms with van der Waals surface area (Å²) in [7, 11) is 0. The lowest BCUT2D eigenvalue weighted by molar-refractivity contribution is -0.274. The van der Waals surface area contributed by atoms with Gasteiger partial charge in [-0.1, -0.05) is 0 Å². The van der Waals surface area contributed by atoms with Crippen molar-refractivity contribution in [2.24, 2.45) is 0 Å². The van der Waals surface area contributed by atoms with Gasteiger partial charge in [0.2, 0.25) is 0 Å². The predicted molar refractivity (Wildman–Crippen MR) is 102 cm³/mol. The lowest BCUT2D eigenvalue weighted by Crippen LogP contribution is -2.16. The number of ether oxygens (including phenoxy) is 4. The lowest BCUT2D eigenvalue weighted by Gasteiger charge is -2.14. The van der Waals surface area contributed by atoms with Crippen LogP contribution >= 0.6 is 0 Å². The first-order valence-electron chi connectivity index (χ1n) is 8.94. The van der Waals surface area contributed by atoms with E-state index in [1.54, 1.807) is 39.1 Å². The van der Waals surface area contributed by atoms with Gasteiger partial charge in [-0.3, -0.25) is 4.98 Å². The van der Waals surface area contributed by atoms with Crippen molar-refractivity contribution < 1.29 is 36.9 Å². The van der Waals surface area contributed by atoms with E-state index in [-0.39, 0.29) is 18.1 Å². The molecular formula is C21H18F3NO5. The summed E-state index contributed by atoms with van der Waals surface area (Å²) in [5.41, 5.74) is 1.94. The molecule has 30 heavy (non-hydrogen) atoms. The van der Waals surface area contributed by atoms with Crippen molar-refractivity contribution in [3.8, 4) is 23.0 Å². The van der Waals surface area contributed by atoms with Gasteiger partial charge in [-0.2, -0.15) is 0 Å². The second kappa shape index (κ2) is 8.48. The molecule has 0 N–H and O–H groups in total. The molecule has 9 heteroatoms. The number of hydrogen-bond donors (Lipinski definition) is 0. The molecule has 0 aliphatic carbocycles. The van der Waals surface area contributed by atoms with Gasteiger partial charge >= 0.3 is 12.5 Å². The molecule has 0 fully saturated rings. The highest BCUT2D eigenvalue weighted by atomic mass is 19.4. The number of fused-ring (bicyclic) bond motifs is 1. The van der Waals surface area contributed by atoms with Gasteiger partial charge in [0.05, 0.1) is 12.1 Å². The van der Waals surface area contributed by atoms with Gasteiger partial charge in [0.1, 0.15) is 23.0 Å². The zero-order valence-electron chi connectivity index (χ0n) is 16.4. The summed E-state index contributed by atoms with van der Waals surface area (Å²) in [6.07, 6.45) is -4.02. The summed E-state index contributed by atoms with van der Waals surface area (Å²) in [6, 6.07) is 8.42. The van der Waals surface area contributed by atoms with Crippen LogP contribution in [0.4, 0.5) is 18.0 Å². The smallest absolute Gasteiger partial charge is 0.457 e. The number of pyridine rings is 1. The van der Waals surface area contributed by atoms with E-state index in [9.17, 15) is 18.0 Å². The van der Waals surface area contributed by atoms with E-state index in [2.05, 4.69) is 9.72 Å². The molecule has 1 aromatic heterocycles. The highest BCUT2D eigenvalue weighted by Crippen LogP contribution is 2.35. The Morgan fingerprint density at radius 1 is 1.03 bits per heavy atom. The fourth-order valence-electron chi connectivity index (χ4n) is 2.71. The number of hydrogen-bond acceptors (Lipinski definition) is 6. The maximum absolute atomic E-state index is 12.3. The molecule has 158 valence electrons. The summed E-state index contributed by atoms with van der Waals surface area (Å²) in [5.74, 6) is 0.667. The molecule has 0 spiro atoms. The Hall–Kier alpha value is -3.49. The standard InChI is InChI=1S/C21H18F3NO5/c1-4-27-20(26)29-19-13(3)11-25-17-9-12(2)18(10-16(17)19)28-14-5-7-15(8-6-14)30-21(22,23)24/h5-11H,4H2,1-3H3. The number of carbonyl (C=O) groups excluding carboxylic acids is 1. The van der Waals surface area contributed by atoms with Crippen molar-refractivity contribution >= 4 is 17.1 Å². The molecule has 0 unspecified atom stereocenters. The van der Waals surface area contributed by atoms with Crippen LogP contribution in [0.25, 0.3) is 10.9 Å². The Bertz CT molecular complexity index is 1060. The Labute approximate surface area is 170 Å². The third-order valence-electron chi connectivity index (χ3n) is 4.03. The van der Waals surface area contributed by atoms with Gasteiger partial charge < -0.3 is 18.9 Å². The monoisotopic (exact) mass is 421 g/mol. The minimum Gasteiger partial charge on any atom is -0.457 e. The van der Waals surface area contributed by atoms with E-state index in [4.69, 9.17) is 14.2 Å². The fourth-order valence-corrected chi connectivity index (χ4v) is 2.71. The Morgan fingerprint density at radius 3 is 2.33 bits per heavy atom. The average molecular weight is 421 g/mol. The number of aromatic nitrogens is 1. The predicted octanol–water partition coefficient (Wildman–Crippen LogP) is 6.08. The van der Waals surface area contributed by atoms with Crippen molar-refractivity contribution in [1.82, 2.24) is 4.98 Å². The van der Waals surface area contributed by atoms with E-state index in [1.807, 2.05) is 0 Å². The van der Waals surface area contributed by atoms with E-state index < -0.39 is 12.5 Å². The molecule has 0 amide bonds. The van der Waals surface area contributed by atoms with Gasteiger partial charge in [0.15, 0.2) is 0 Å². The van der Waals surface area contributed by atoms with E-state index in [1.165, 1.54) is 12.1 Å². The Kier molecular flexibility index (Phi) is 6.00. The Balaban J connectivity index is 1.92. The second-order valence-corrected chi connectivity index (χ2v) is 6.31. The normalized spacial score (nSPS) is 11.3. The van der Waals surface area contributed by atoms with Crippen LogP contribution in [0.5, 0.6) is 23.0 Å². The second-order valence-electron chi connectivity index (χ2n) is 6.31. The van der Waals surface area contributed by atoms with Gasteiger partial charge in [-0.05, 0) is 62.7 Å². The maximum Gasteiger partial charge on any atom is 0.573 e. The van der Waals surface area contributed by atoms with E-state index >= 15 is 0 Å². The quantitative estimate of drug-likeness (QED) is 0.465. The molecule has 0 saturated carbocycles. The summed E-state index contributed by atoms with van der Waals surface area (Å²) in [6.45, 7) is 5.37. The summed E-state index contributed by atoms with van der Waals surface area (Å²) in [5, 5.41) is 0.528. The van der Waals surface area contributed by atoms with Gasteiger partial charge in [-0.25, -0.2) is 4.79 Å². The average Bonchev–Trinajstić information content (AvgIpc) is 2.66. The Morgan fingerprint density at radius 2 is 1.70 bits per heavy atom. The number of nitrogens with zero attached hydrogens (tertiary/aromatic N) is 1. The number of rotatable bonds is 5.